The Balaban J connectivity index is 2.27. The van der Waals surface area contributed by atoms with Crippen LogP contribution in [-0.2, 0) is 21.3 Å². The number of anilines is 1. The average Bonchev–Trinajstić information content (AvgIpc) is 3.02. The summed E-state index contributed by atoms with van der Waals surface area (Å²) in [6, 6.07) is 4.63. The number of aromatic nitrogens is 2. The average molecular weight is 339 g/mol. The molecule has 0 aliphatic carbocycles. The molecule has 0 spiro atoms. The van der Waals surface area contributed by atoms with Crippen molar-refractivity contribution in [3.05, 3.63) is 42.0 Å². The second-order valence-electron chi connectivity index (χ2n) is 4.52. The smallest absolute Gasteiger partial charge is 0.360 e. The van der Waals surface area contributed by atoms with E-state index < -0.39 is 16.0 Å². The summed E-state index contributed by atoms with van der Waals surface area (Å²) in [5, 5.41) is 3.60. The van der Waals surface area contributed by atoms with Crippen molar-refractivity contribution in [3.63, 3.8) is 0 Å². The number of carbonyl (C=O) groups is 1. The van der Waals surface area contributed by atoms with Gasteiger partial charge in [-0.1, -0.05) is 5.16 Å². The van der Waals surface area contributed by atoms with Crippen molar-refractivity contribution in [2.45, 2.75) is 20.4 Å². The SMILES string of the molecule is CCOC(=O)c1cc(CN(c2cccnc2)S(=O)(=O)CC)on1. The minimum Gasteiger partial charge on any atom is -0.461 e. The molecule has 23 heavy (non-hydrogen) atoms. The minimum absolute atomic E-state index is 0.00174. The lowest BCUT2D eigenvalue weighted by molar-refractivity contribution is 0.0514. The van der Waals surface area contributed by atoms with Crippen molar-refractivity contribution in [1.82, 2.24) is 10.1 Å². The first-order valence-corrected chi connectivity index (χ1v) is 8.62. The van der Waals surface area contributed by atoms with Crippen molar-refractivity contribution in [3.8, 4) is 0 Å². The fraction of sp³-hybridized carbons (Fsp3) is 0.357. The van der Waals surface area contributed by atoms with Crippen molar-refractivity contribution in [1.29, 1.82) is 0 Å². The van der Waals surface area contributed by atoms with Crippen LogP contribution in [0.25, 0.3) is 0 Å². The van der Waals surface area contributed by atoms with Crippen LogP contribution >= 0.6 is 0 Å². The molecule has 0 saturated heterocycles. The Labute approximate surface area is 134 Å². The fourth-order valence-electron chi connectivity index (χ4n) is 1.84. The molecular weight excluding hydrogens is 322 g/mol. The molecule has 0 N–H and O–H groups in total. The molecule has 0 unspecified atom stereocenters. The summed E-state index contributed by atoms with van der Waals surface area (Å²) < 4.78 is 35.6. The maximum absolute atomic E-state index is 12.3. The van der Waals surface area contributed by atoms with E-state index in [-0.39, 0.29) is 30.4 Å². The predicted octanol–water partition coefficient (Wildman–Crippen LogP) is 1.60. The van der Waals surface area contributed by atoms with Crippen LogP contribution in [0.1, 0.15) is 30.1 Å². The van der Waals surface area contributed by atoms with Gasteiger partial charge < -0.3 is 9.26 Å². The van der Waals surface area contributed by atoms with Crippen LogP contribution in [-0.4, -0.2) is 36.9 Å². The summed E-state index contributed by atoms with van der Waals surface area (Å²) in [5.41, 5.74) is 0.408. The molecule has 8 nitrogen and oxygen atoms in total. The normalized spacial score (nSPS) is 11.2. The van der Waals surface area contributed by atoms with Crippen molar-refractivity contribution >= 4 is 21.7 Å². The molecule has 124 valence electrons. The number of hydrogen-bond acceptors (Lipinski definition) is 7. The summed E-state index contributed by atoms with van der Waals surface area (Å²) in [4.78, 5) is 15.5. The highest BCUT2D eigenvalue weighted by molar-refractivity contribution is 7.92. The number of hydrogen-bond donors (Lipinski definition) is 0. The van der Waals surface area contributed by atoms with Gasteiger partial charge in [-0.15, -0.1) is 0 Å². The number of esters is 1. The van der Waals surface area contributed by atoms with Crippen LogP contribution in [0.5, 0.6) is 0 Å². The third kappa shape index (κ3) is 4.07. The van der Waals surface area contributed by atoms with E-state index in [0.29, 0.717) is 5.69 Å². The Morgan fingerprint density at radius 3 is 2.78 bits per heavy atom. The number of carbonyl (C=O) groups excluding carboxylic acids is 1. The van der Waals surface area contributed by atoms with E-state index in [4.69, 9.17) is 9.26 Å². The van der Waals surface area contributed by atoms with Gasteiger partial charge in [-0.2, -0.15) is 0 Å². The highest BCUT2D eigenvalue weighted by Gasteiger charge is 2.24. The minimum atomic E-state index is -3.54. The molecule has 0 aliphatic rings. The van der Waals surface area contributed by atoms with Gasteiger partial charge >= 0.3 is 5.97 Å². The second-order valence-corrected chi connectivity index (χ2v) is 6.70. The highest BCUT2D eigenvalue weighted by atomic mass is 32.2. The van der Waals surface area contributed by atoms with E-state index in [0.717, 1.165) is 4.31 Å². The summed E-state index contributed by atoms with van der Waals surface area (Å²) in [6.07, 6.45) is 2.99. The molecule has 0 aliphatic heterocycles. The lowest BCUT2D eigenvalue weighted by Crippen LogP contribution is -2.31. The van der Waals surface area contributed by atoms with Crippen LogP contribution in [0.2, 0.25) is 0 Å². The van der Waals surface area contributed by atoms with Gasteiger partial charge in [0.2, 0.25) is 10.0 Å². The molecule has 0 atom stereocenters. The maximum Gasteiger partial charge on any atom is 0.360 e. The van der Waals surface area contributed by atoms with Crippen molar-refractivity contribution in [2.24, 2.45) is 0 Å². The molecule has 0 bridgehead atoms. The molecule has 2 aromatic rings. The summed E-state index contributed by atoms with van der Waals surface area (Å²) in [5.74, 6) is -0.469. The number of ether oxygens (including phenoxy) is 1. The molecule has 0 amide bonds. The quantitative estimate of drug-likeness (QED) is 0.706. The Kier molecular flexibility index (Phi) is 5.32. The van der Waals surface area contributed by atoms with E-state index in [1.165, 1.54) is 12.3 Å². The second kappa shape index (κ2) is 7.23. The zero-order valence-electron chi connectivity index (χ0n) is 12.8. The van der Waals surface area contributed by atoms with Gasteiger partial charge in [-0.25, -0.2) is 13.2 Å². The van der Waals surface area contributed by atoms with Crippen LogP contribution in [0.15, 0.2) is 35.1 Å². The van der Waals surface area contributed by atoms with E-state index >= 15 is 0 Å². The molecule has 2 rings (SSSR count). The zero-order chi connectivity index (χ0) is 16.9. The number of rotatable bonds is 7. The Hall–Kier alpha value is -2.42. The van der Waals surface area contributed by atoms with Gasteiger partial charge in [0.05, 0.1) is 30.8 Å². The van der Waals surface area contributed by atoms with Crippen molar-refractivity contribution < 1.29 is 22.5 Å². The molecule has 0 fully saturated rings. The monoisotopic (exact) mass is 339 g/mol. The van der Waals surface area contributed by atoms with Crippen LogP contribution in [0.4, 0.5) is 5.69 Å². The zero-order valence-corrected chi connectivity index (χ0v) is 13.6. The largest absolute Gasteiger partial charge is 0.461 e. The molecule has 0 saturated carbocycles. The number of nitrogens with zero attached hydrogens (tertiary/aromatic N) is 3. The Morgan fingerprint density at radius 1 is 1.39 bits per heavy atom. The molecular formula is C14H17N3O5S. The highest BCUT2D eigenvalue weighted by Crippen LogP contribution is 2.20. The van der Waals surface area contributed by atoms with Crippen molar-refractivity contribution in [2.75, 3.05) is 16.7 Å². The number of sulfonamides is 1. The summed E-state index contributed by atoms with van der Waals surface area (Å²) in [7, 11) is -3.54. The molecule has 2 aromatic heterocycles. The van der Waals surface area contributed by atoms with Gasteiger partial charge in [-0.3, -0.25) is 9.29 Å². The number of pyridine rings is 1. The third-order valence-electron chi connectivity index (χ3n) is 2.98. The van der Waals surface area contributed by atoms with Gasteiger partial charge in [0, 0.05) is 12.3 Å². The molecule has 0 aromatic carbocycles. The maximum atomic E-state index is 12.3. The van der Waals surface area contributed by atoms with Gasteiger partial charge in [-0.05, 0) is 26.0 Å². The molecule has 0 radical (unpaired) electrons. The van der Waals surface area contributed by atoms with Crippen LogP contribution in [0, 0.1) is 0 Å². The van der Waals surface area contributed by atoms with Gasteiger partial charge in [0.1, 0.15) is 0 Å². The van der Waals surface area contributed by atoms with Gasteiger partial charge in [0.25, 0.3) is 0 Å². The Morgan fingerprint density at radius 2 is 2.17 bits per heavy atom. The predicted molar refractivity (Wildman–Crippen MR) is 82.3 cm³/mol. The van der Waals surface area contributed by atoms with E-state index in [9.17, 15) is 13.2 Å². The van der Waals surface area contributed by atoms with Crippen LogP contribution < -0.4 is 4.31 Å². The fourth-order valence-corrected chi connectivity index (χ4v) is 2.90. The molecule has 9 heteroatoms. The lowest BCUT2D eigenvalue weighted by atomic mass is 10.3. The van der Waals surface area contributed by atoms with E-state index in [1.807, 2.05) is 0 Å². The first-order valence-electron chi connectivity index (χ1n) is 7.01. The van der Waals surface area contributed by atoms with Crippen LogP contribution in [0.3, 0.4) is 0 Å². The standard InChI is InChI=1S/C14H17N3O5S/c1-3-21-14(18)13-8-12(22-16-13)10-17(23(19,20)4-2)11-6-5-7-15-9-11/h5-9H,3-4,10H2,1-2H3. The first kappa shape index (κ1) is 16.9. The van der Waals surface area contributed by atoms with Gasteiger partial charge in [0.15, 0.2) is 11.5 Å². The van der Waals surface area contributed by atoms with E-state index in [2.05, 4.69) is 10.1 Å². The first-order chi connectivity index (χ1) is 11.0. The third-order valence-corrected chi connectivity index (χ3v) is 4.72. The lowest BCUT2D eigenvalue weighted by Gasteiger charge is -2.21. The molecule has 2 heterocycles. The van der Waals surface area contributed by atoms with E-state index in [1.54, 1.807) is 32.2 Å². The topological polar surface area (TPSA) is 103 Å². The summed E-state index contributed by atoms with van der Waals surface area (Å²) >= 11 is 0. The summed E-state index contributed by atoms with van der Waals surface area (Å²) in [6.45, 7) is 3.35. The Bertz CT molecular complexity index is 758.